The highest BCUT2D eigenvalue weighted by Crippen LogP contribution is 2.35. The second-order valence-electron chi connectivity index (χ2n) is 9.09. The first kappa shape index (κ1) is 21.5. The van der Waals surface area contributed by atoms with Crippen molar-refractivity contribution in [2.75, 3.05) is 18.0 Å². The number of anilines is 1. The number of piperidine rings is 1. The average molecular weight is 455 g/mol. The fourth-order valence-electron chi connectivity index (χ4n) is 5.36. The Balaban J connectivity index is 1.27. The summed E-state index contributed by atoms with van der Waals surface area (Å²) in [5, 5.41) is 0. The summed E-state index contributed by atoms with van der Waals surface area (Å²) in [5.41, 5.74) is 3.12. The first-order valence-electron chi connectivity index (χ1n) is 11.7. The van der Waals surface area contributed by atoms with Crippen LogP contribution in [0.15, 0.2) is 53.4 Å². The molecule has 2 aliphatic heterocycles. The van der Waals surface area contributed by atoms with Gasteiger partial charge in [0, 0.05) is 24.7 Å². The van der Waals surface area contributed by atoms with Crippen LogP contribution in [0.25, 0.3) is 0 Å². The molecular weight excluding hydrogens is 424 g/mol. The molecule has 170 valence electrons. The van der Waals surface area contributed by atoms with Crippen molar-refractivity contribution < 1.29 is 17.9 Å². The maximum atomic E-state index is 13.2. The summed E-state index contributed by atoms with van der Waals surface area (Å²) in [7, 11) is -3.54. The molecule has 0 unspecified atom stereocenters. The number of hydrogen-bond donors (Lipinski definition) is 0. The van der Waals surface area contributed by atoms with Gasteiger partial charge in [-0.2, -0.15) is 4.31 Å². The second kappa shape index (κ2) is 8.87. The Hall–Kier alpha value is -2.38. The fraction of sp³-hybridized carbons (Fsp3) is 0.480. The minimum atomic E-state index is -3.54. The number of carbonyl (C=O) groups excluding carboxylic acids is 1. The SMILES string of the molecule is O=C1OCc2ccccc2N1C1CCN(S(=O)(=O)c2ccc(C3CCCCC3)cc2)CC1. The number of carbonyl (C=O) groups is 1. The number of rotatable bonds is 4. The van der Waals surface area contributed by atoms with Crippen LogP contribution in [0.4, 0.5) is 10.5 Å². The van der Waals surface area contributed by atoms with Crippen LogP contribution in [0.3, 0.4) is 0 Å². The van der Waals surface area contributed by atoms with Crippen LogP contribution in [0, 0.1) is 0 Å². The summed E-state index contributed by atoms with van der Waals surface area (Å²) in [6, 6.07) is 15.2. The van der Waals surface area contributed by atoms with Gasteiger partial charge < -0.3 is 4.74 Å². The van der Waals surface area contributed by atoms with Crippen LogP contribution >= 0.6 is 0 Å². The molecule has 2 aromatic carbocycles. The molecule has 2 fully saturated rings. The van der Waals surface area contributed by atoms with Gasteiger partial charge in [0.1, 0.15) is 6.61 Å². The molecule has 2 heterocycles. The summed E-state index contributed by atoms with van der Waals surface area (Å²) >= 11 is 0. The molecule has 32 heavy (non-hydrogen) atoms. The molecule has 0 radical (unpaired) electrons. The van der Waals surface area contributed by atoms with E-state index in [1.54, 1.807) is 21.3 Å². The molecule has 0 aromatic heterocycles. The van der Waals surface area contributed by atoms with E-state index in [9.17, 15) is 13.2 Å². The number of amides is 1. The van der Waals surface area contributed by atoms with Crippen LogP contribution in [-0.2, 0) is 21.4 Å². The number of nitrogens with zero attached hydrogens (tertiary/aromatic N) is 2. The zero-order valence-electron chi connectivity index (χ0n) is 18.3. The third kappa shape index (κ3) is 4.04. The molecule has 1 saturated heterocycles. The van der Waals surface area contributed by atoms with Gasteiger partial charge in [0.05, 0.1) is 10.6 Å². The van der Waals surface area contributed by atoms with Gasteiger partial charge in [-0.3, -0.25) is 4.90 Å². The topological polar surface area (TPSA) is 66.9 Å². The van der Waals surface area contributed by atoms with Gasteiger partial charge in [-0.05, 0) is 55.4 Å². The first-order valence-corrected chi connectivity index (χ1v) is 13.1. The summed E-state index contributed by atoms with van der Waals surface area (Å²) in [6.45, 7) is 1.07. The Kier molecular flexibility index (Phi) is 5.95. The largest absolute Gasteiger partial charge is 0.444 e. The van der Waals surface area contributed by atoms with Gasteiger partial charge in [0.15, 0.2) is 0 Å². The maximum absolute atomic E-state index is 13.2. The van der Waals surface area contributed by atoms with Crippen LogP contribution in [0.2, 0.25) is 0 Å². The predicted molar refractivity (Wildman–Crippen MR) is 123 cm³/mol. The quantitative estimate of drug-likeness (QED) is 0.649. The standard InChI is InChI=1S/C25H30N2O4S/c28-25-27(24-9-5-4-8-21(24)18-31-25)22-14-16-26(17-15-22)32(29,30)23-12-10-20(11-13-23)19-6-2-1-3-7-19/h4-5,8-13,19,22H,1-3,6-7,14-18H2. The molecule has 0 N–H and O–H groups in total. The molecule has 7 heteroatoms. The number of ether oxygens (including phenoxy) is 1. The van der Waals surface area contributed by atoms with Crippen molar-refractivity contribution >= 4 is 21.8 Å². The van der Waals surface area contributed by atoms with Crippen LogP contribution < -0.4 is 4.90 Å². The van der Waals surface area contributed by atoms with Crippen molar-refractivity contribution in [2.45, 2.75) is 68.4 Å². The van der Waals surface area contributed by atoms with E-state index in [-0.39, 0.29) is 18.7 Å². The second-order valence-corrected chi connectivity index (χ2v) is 11.0. The molecule has 6 nitrogen and oxygen atoms in total. The predicted octanol–water partition coefficient (Wildman–Crippen LogP) is 5.04. The summed E-state index contributed by atoms with van der Waals surface area (Å²) in [5.74, 6) is 0.559. The molecule has 1 saturated carbocycles. The lowest BCUT2D eigenvalue weighted by Gasteiger charge is -2.39. The van der Waals surface area contributed by atoms with Crippen molar-refractivity contribution in [2.24, 2.45) is 0 Å². The summed E-state index contributed by atoms with van der Waals surface area (Å²) in [6.07, 6.45) is 7.04. The molecule has 3 aliphatic rings. The van der Waals surface area contributed by atoms with Gasteiger partial charge in [0.2, 0.25) is 10.0 Å². The number of para-hydroxylation sites is 1. The third-order valence-corrected chi connectivity index (χ3v) is 9.09. The lowest BCUT2D eigenvalue weighted by molar-refractivity contribution is 0.136. The highest BCUT2D eigenvalue weighted by molar-refractivity contribution is 7.89. The molecule has 0 atom stereocenters. The Labute approximate surface area is 190 Å². The van der Waals surface area contributed by atoms with E-state index < -0.39 is 10.0 Å². The van der Waals surface area contributed by atoms with Gasteiger partial charge in [-0.15, -0.1) is 0 Å². The lowest BCUT2D eigenvalue weighted by atomic mass is 9.84. The van der Waals surface area contributed by atoms with Gasteiger partial charge in [-0.25, -0.2) is 13.2 Å². The van der Waals surface area contributed by atoms with Crippen molar-refractivity contribution in [1.29, 1.82) is 0 Å². The van der Waals surface area contributed by atoms with Crippen LogP contribution in [0.5, 0.6) is 0 Å². The minimum absolute atomic E-state index is 0.0657. The summed E-state index contributed by atoms with van der Waals surface area (Å²) < 4.78 is 33.4. The van der Waals surface area contributed by atoms with Gasteiger partial charge in [-0.1, -0.05) is 49.6 Å². The van der Waals surface area contributed by atoms with E-state index in [2.05, 4.69) is 0 Å². The Bertz CT molecular complexity index is 1070. The van der Waals surface area contributed by atoms with E-state index in [0.717, 1.165) is 11.3 Å². The van der Waals surface area contributed by atoms with Gasteiger partial charge in [0.25, 0.3) is 0 Å². The van der Waals surface area contributed by atoms with Crippen molar-refractivity contribution in [3.8, 4) is 0 Å². The summed E-state index contributed by atoms with van der Waals surface area (Å²) in [4.78, 5) is 14.6. The van der Waals surface area contributed by atoms with E-state index >= 15 is 0 Å². The smallest absolute Gasteiger partial charge is 0.414 e. The first-order chi connectivity index (χ1) is 15.5. The number of cyclic esters (lactones) is 1. The average Bonchev–Trinajstić information content (AvgIpc) is 2.85. The maximum Gasteiger partial charge on any atom is 0.414 e. The monoisotopic (exact) mass is 454 g/mol. The normalized spacial score (nSPS) is 21.2. The van der Waals surface area contributed by atoms with Crippen molar-refractivity contribution in [3.05, 3.63) is 59.7 Å². The highest BCUT2D eigenvalue weighted by Gasteiger charge is 2.37. The van der Waals surface area contributed by atoms with E-state index in [0.29, 0.717) is 36.7 Å². The van der Waals surface area contributed by atoms with Crippen LogP contribution in [0.1, 0.15) is 62.0 Å². The zero-order chi connectivity index (χ0) is 22.1. The number of sulfonamides is 1. The molecule has 1 amide bonds. The Morgan fingerprint density at radius 1 is 0.844 bits per heavy atom. The third-order valence-electron chi connectivity index (χ3n) is 7.18. The van der Waals surface area contributed by atoms with E-state index in [1.165, 1.54) is 37.7 Å². The van der Waals surface area contributed by atoms with Crippen molar-refractivity contribution in [1.82, 2.24) is 4.31 Å². The Morgan fingerprint density at radius 2 is 1.53 bits per heavy atom. The number of hydrogen-bond acceptors (Lipinski definition) is 4. The lowest BCUT2D eigenvalue weighted by Crippen LogP contribution is -2.50. The van der Waals surface area contributed by atoms with E-state index in [4.69, 9.17) is 4.74 Å². The van der Waals surface area contributed by atoms with Crippen molar-refractivity contribution in [3.63, 3.8) is 0 Å². The Morgan fingerprint density at radius 3 is 2.25 bits per heavy atom. The fourth-order valence-corrected chi connectivity index (χ4v) is 6.83. The minimum Gasteiger partial charge on any atom is -0.444 e. The molecule has 0 spiro atoms. The molecule has 0 bridgehead atoms. The highest BCUT2D eigenvalue weighted by atomic mass is 32.2. The number of fused-ring (bicyclic) bond motifs is 1. The molecular formula is C25H30N2O4S. The van der Waals surface area contributed by atoms with E-state index in [1.807, 2.05) is 36.4 Å². The number of benzene rings is 2. The van der Waals surface area contributed by atoms with Gasteiger partial charge >= 0.3 is 6.09 Å². The molecule has 1 aliphatic carbocycles. The molecule has 5 rings (SSSR count). The molecule has 2 aromatic rings. The zero-order valence-corrected chi connectivity index (χ0v) is 19.1. The van der Waals surface area contributed by atoms with Crippen LogP contribution in [-0.4, -0.2) is 37.9 Å².